The highest BCUT2D eigenvalue weighted by atomic mass is 14.9. The number of nitrogens with two attached hydrogens (primary N) is 1. The smallest absolute Gasteiger partial charge is 0.00386 e. The maximum atomic E-state index is 5.44. The van der Waals surface area contributed by atoms with Crippen LogP contribution in [0.3, 0.4) is 0 Å². The topological polar surface area (TPSA) is 38.0 Å². The Morgan fingerprint density at radius 2 is 1.60 bits per heavy atom. The van der Waals surface area contributed by atoms with E-state index >= 15 is 0 Å². The molecular weight excluding hydrogens is 184 g/mol. The molecule has 0 saturated heterocycles. The molecule has 0 rings (SSSR count). The van der Waals surface area contributed by atoms with Gasteiger partial charge in [-0.05, 0) is 39.3 Å². The highest BCUT2D eigenvalue weighted by Gasteiger charge is 1.97. The number of nitrogens with one attached hydrogen (secondary N) is 1. The van der Waals surface area contributed by atoms with Crippen molar-refractivity contribution >= 4 is 0 Å². The fourth-order valence-electron chi connectivity index (χ4n) is 1.86. The predicted octanol–water partition coefficient (Wildman–Crippen LogP) is 3.06. The lowest BCUT2D eigenvalue weighted by molar-refractivity contribution is 0.486. The van der Waals surface area contributed by atoms with E-state index in [1.807, 2.05) is 0 Å². The molecule has 1 atom stereocenters. The summed E-state index contributed by atoms with van der Waals surface area (Å²) in [4.78, 5) is 0. The van der Waals surface area contributed by atoms with Gasteiger partial charge in [0.1, 0.15) is 0 Å². The van der Waals surface area contributed by atoms with Crippen LogP contribution in [-0.4, -0.2) is 19.1 Å². The van der Waals surface area contributed by atoms with E-state index in [0.29, 0.717) is 6.04 Å². The second-order valence-corrected chi connectivity index (χ2v) is 4.55. The third kappa shape index (κ3) is 11.8. The highest BCUT2D eigenvalue weighted by molar-refractivity contribution is 4.59. The van der Waals surface area contributed by atoms with E-state index in [1.165, 1.54) is 57.9 Å². The summed E-state index contributed by atoms with van der Waals surface area (Å²) in [6.45, 7) is 6.58. The zero-order chi connectivity index (χ0) is 11.4. The molecule has 0 fully saturated rings. The molecule has 0 aliphatic rings. The van der Waals surface area contributed by atoms with Crippen molar-refractivity contribution in [3.8, 4) is 0 Å². The Kier molecular flexibility index (Phi) is 11.9. The Balaban J connectivity index is 2.98. The molecule has 0 radical (unpaired) electrons. The molecule has 0 heterocycles. The average molecular weight is 214 g/mol. The first-order chi connectivity index (χ1) is 7.31. The minimum absolute atomic E-state index is 0.701. The lowest BCUT2D eigenvalue weighted by Gasteiger charge is -2.12. The number of hydrogen-bond acceptors (Lipinski definition) is 2. The molecule has 92 valence electrons. The standard InChI is InChI=1S/C13H30N2/c1-3-10-13(2)15-12-9-7-5-4-6-8-11-14/h13,15H,3-12,14H2,1-2H3. The third-order valence-electron chi connectivity index (χ3n) is 2.85. The van der Waals surface area contributed by atoms with Crippen LogP contribution in [-0.2, 0) is 0 Å². The van der Waals surface area contributed by atoms with Gasteiger partial charge in [-0.25, -0.2) is 0 Å². The summed E-state index contributed by atoms with van der Waals surface area (Å²) < 4.78 is 0. The zero-order valence-corrected chi connectivity index (χ0v) is 10.7. The molecular formula is C13H30N2. The Morgan fingerprint density at radius 1 is 1.00 bits per heavy atom. The molecule has 0 aliphatic carbocycles. The van der Waals surface area contributed by atoms with Crippen LogP contribution in [0.4, 0.5) is 0 Å². The van der Waals surface area contributed by atoms with Gasteiger partial charge in [-0.1, -0.05) is 39.0 Å². The first-order valence-corrected chi connectivity index (χ1v) is 6.74. The lowest BCUT2D eigenvalue weighted by atomic mass is 10.1. The largest absolute Gasteiger partial charge is 0.330 e. The fraction of sp³-hybridized carbons (Fsp3) is 1.00. The van der Waals surface area contributed by atoms with Crippen molar-refractivity contribution in [3.05, 3.63) is 0 Å². The van der Waals surface area contributed by atoms with Gasteiger partial charge in [-0.3, -0.25) is 0 Å². The van der Waals surface area contributed by atoms with Crippen LogP contribution < -0.4 is 11.1 Å². The van der Waals surface area contributed by atoms with Crippen LogP contribution in [0.1, 0.15) is 65.2 Å². The Hall–Kier alpha value is -0.0800. The minimum atomic E-state index is 0.701. The molecule has 0 aromatic heterocycles. The predicted molar refractivity (Wildman–Crippen MR) is 69.1 cm³/mol. The third-order valence-corrected chi connectivity index (χ3v) is 2.85. The quantitative estimate of drug-likeness (QED) is 0.519. The molecule has 2 heteroatoms. The van der Waals surface area contributed by atoms with Crippen LogP contribution in [0.2, 0.25) is 0 Å². The van der Waals surface area contributed by atoms with E-state index in [-0.39, 0.29) is 0 Å². The van der Waals surface area contributed by atoms with Crippen molar-refractivity contribution in [2.75, 3.05) is 13.1 Å². The van der Waals surface area contributed by atoms with E-state index in [1.54, 1.807) is 0 Å². The summed E-state index contributed by atoms with van der Waals surface area (Å²) in [7, 11) is 0. The molecule has 1 unspecified atom stereocenters. The molecule has 2 nitrogen and oxygen atoms in total. The summed E-state index contributed by atoms with van der Waals surface area (Å²) in [5, 5.41) is 3.57. The van der Waals surface area contributed by atoms with Crippen molar-refractivity contribution in [1.82, 2.24) is 5.32 Å². The van der Waals surface area contributed by atoms with Gasteiger partial charge in [0.25, 0.3) is 0 Å². The summed E-state index contributed by atoms with van der Waals surface area (Å²) >= 11 is 0. The monoisotopic (exact) mass is 214 g/mol. The molecule has 15 heavy (non-hydrogen) atoms. The van der Waals surface area contributed by atoms with Gasteiger partial charge >= 0.3 is 0 Å². The van der Waals surface area contributed by atoms with Crippen LogP contribution in [0, 0.1) is 0 Å². The molecule has 3 N–H and O–H groups in total. The van der Waals surface area contributed by atoms with Crippen LogP contribution in [0.25, 0.3) is 0 Å². The van der Waals surface area contributed by atoms with Gasteiger partial charge in [0.05, 0.1) is 0 Å². The second kappa shape index (κ2) is 12.0. The Morgan fingerprint density at radius 3 is 2.20 bits per heavy atom. The van der Waals surface area contributed by atoms with Gasteiger partial charge in [-0.15, -0.1) is 0 Å². The summed E-state index contributed by atoms with van der Waals surface area (Å²) in [5.41, 5.74) is 5.44. The molecule has 0 saturated carbocycles. The molecule has 0 aliphatic heterocycles. The summed E-state index contributed by atoms with van der Waals surface area (Å²) in [6.07, 6.45) is 10.5. The van der Waals surface area contributed by atoms with E-state index in [4.69, 9.17) is 5.73 Å². The number of unbranched alkanes of at least 4 members (excludes halogenated alkanes) is 5. The number of rotatable bonds is 11. The zero-order valence-electron chi connectivity index (χ0n) is 10.7. The molecule has 0 aromatic carbocycles. The fourth-order valence-corrected chi connectivity index (χ4v) is 1.86. The Labute approximate surface area is 96.0 Å². The normalized spacial score (nSPS) is 13.0. The summed E-state index contributed by atoms with van der Waals surface area (Å²) in [5.74, 6) is 0. The van der Waals surface area contributed by atoms with Gasteiger partial charge < -0.3 is 11.1 Å². The van der Waals surface area contributed by atoms with E-state index in [0.717, 1.165) is 6.54 Å². The first kappa shape index (κ1) is 14.9. The van der Waals surface area contributed by atoms with Crippen LogP contribution in [0.15, 0.2) is 0 Å². The van der Waals surface area contributed by atoms with Crippen molar-refractivity contribution < 1.29 is 0 Å². The lowest BCUT2D eigenvalue weighted by Crippen LogP contribution is -2.26. The maximum Gasteiger partial charge on any atom is 0.00386 e. The first-order valence-electron chi connectivity index (χ1n) is 6.74. The average Bonchev–Trinajstić information content (AvgIpc) is 2.22. The van der Waals surface area contributed by atoms with Crippen molar-refractivity contribution in [2.45, 2.75) is 71.3 Å². The molecule has 0 aromatic rings. The van der Waals surface area contributed by atoms with Gasteiger partial charge in [-0.2, -0.15) is 0 Å². The second-order valence-electron chi connectivity index (χ2n) is 4.55. The van der Waals surface area contributed by atoms with Crippen molar-refractivity contribution in [3.63, 3.8) is 0 Å². The molecule has 0 amide bonds. The van der Waals surface area contributed by atoms with E-state index < -0.39 is 0 Å². The van der Waals surface area contributed by atoms with Gasteiger partial charge in [0.15, 0.2) is 0 Å². The minimum Gasteiger partial charge on any atom is -0.330 e. The van der Waals surface area contributed by atoms with Crippen LogP contribution in [0.5, 0.6) is 0 Å². The highest BCUT2D eigenvalue weighted by Crippen LogP contribution is 2.04. The maximum absolute atomic E-state index is 5.44. The van der Waals surface area contributed by atoms with Gasteiger partial charge in [0, 0.05) is 6.04 Å². The van der Waals surface area contributed by atoms with Crippen molar-refractivity contribution in [2.24, 2.45) is 5.73 Å². The van der Waals surface area contributed by atoms with Crippen molar-refractivity contribution in [1.29, 1.82) is 0 Å². The summed E-state index contributed by atoms with van der Waals surface area (Å²) in [6, 6.07) is 0.701. The Bertz CT molecular complexity index is 115. The SMILES string of the molecule is CCCC(C)NCCCCCCCCN. The molecule has 0 bridgehead atoms. The number of hydrogen-bond donors (Lipinski definition) is 2. The molecule has 0 spiro atoms. The van der Waals surface area contributed by atoms with Crippen LogP contribution >= 0.6 is 0 Å². The van der Waals surface area contributed by atoms with E-state index in [2.05, 4.69) is 19.2 Å². The van der Waals surface area contributed by atoms with Gasteiger partial charge in [0.2, 0.25) is 0 Å². The van der Waals surface area contributed by atoms with E-state index in [9.17, 15) is 0 Å².